The van der Waals surface area contributed by atoms with Crippen LogP contribution in [0.15, 0.2) is 18.2 Å². The minimum Gasteiger partial charge on any atom is -0.345 e. The van der Waals surface area contributed by atoms with Crippen LogP contribution in [0, 0.1) is 5.41 Å². The molecule has 0 aromatic heterocycles. The van der Waals surface area contributed by atoms with Crippen LogP contribution in [-0.4, -0.2) is 30.9 Å². The highest BCUT2D eigenvalue weighted by molar-refractivity contribution is 5.85. The maximum atomic E-state index is 12.4. The van der Waals surface area contributed by atoms with Crippen LogP contribution in [0.3, 0.4) is 0 Å². The Balaban J connectivity index is 0.00000242. The summed E-state index contributed by atoms with van der Waals surface area (Å²) in [7, 11) is 1.87. The van der Waals surface area contributed by atoms with Crippen LogP contribution in [0.25, 0.3) is 0 Å². The minimum absolute atomic E-state index is 0. The van der Waals surface area contributed by atoms with Crippen molar-refractivity contribution in [2.45, 2.75) is 46.0 Å². The molecule has 3 nitrogen and oxygen atoms in total. The molecule has 0 saturated carbocycles. The third-order valence-corrected chi connectivity index (χ3v) is 4.41. The van der Waals surface area contributed by atoms with Gasteiger partial charge >= 0.3 is 0 Å². The number of hydrogen-bond acceptors (Lipinski definition) is 2. The van der Waals surface area contributed by atoms with Gasteiger partial charge in [-0.2, -0.15) is 0 Å². The summed E-state index contributed by atoms with van der Waals surface area (Å²) in [5.74, 6) is 0.173. The lowest BCUT2D eigenvalue weighted by molar-refractivity contribution is -0.130. The summed E-state index contributed by atoms with van der Waals surface area (Å²) in [5, 5.41) is 0. The first-order valence-corrected chi connectivity index (χ1v) is 7.96. The van der Waals surface area contributed by atoms with E-state index in [4.69, 9.17) is 5.73 Å². The molecule has 1 aliphatic carbocycles. The van der Waals surface area contributed by atoms with Crippen molar-refractivity contribution in [1.29, 1.82) is 0 Å². The van der Waals surface area contributed by atoms with E-state index in [2.05, 4.69) is 32.0 Å². The second-order valence-electron chi connectivity index (χ2n) is 7.11. The van der Waals surface area contributed by atoms with Crippen LogP contribution in [-0.2, 0) is 24.1 Å². The van der Waals surface area contributed by atoms with Gasteiger partial charge < -0.3 is 10.6 Å². The summed E-state index contributed by atoms with van der Waals surface area (Å²) in [6.45, 7) is 5.47. The van der Waals surface area contributed by atoms with Gasteiger partial charge in [0.1, 0.15) is 0 Å². The quantitative estimate of drug-likeness (QED) is 0.905. The minimum atomic E-state index is -0.0275. The zero-order valence-corrected chi connectivity index (χ0v) is 14.8. The summed E-state index contributed by atoms with van der Waals surface area (Å²) >= 11 is 0. The number of likely N-dealkylation sites (N-methyl/N-ethyl adjacent to an activating group) is 1. The van der Waals surface area contributed by atoms with E-state index in [9.17, 15) is 4.79 Å². The molecule has 0 atom stereocenters. The Hall–Kier alpha value is -1.06. The average molecular weight is 325 g/mol. The van der Waals surface area contributed by atoms with Crippen molar-refractivity contribution >= 4 is 18.3 Å². The molecule has 2 N–H and O–H groups in total. The van der Waals surface area contributed by atoms with Crippen molar-refractivity contribution in [3.63, 3.8) is 0 Å². The molecule has 0 bridgehead atoms. The number of benzene rings is 1. The smallest absolute Gasteiger partial charge is 0.226 e. The molecular formula is C18H29ClN2O. The summed E-state index contributed by atoms with van der Waals surface area (Å²) in [6.07, 6.45) is 5.41. The molecule has 0 aliphatic heterocycles. The van der Waals surface area contributed by atoms with Crippen LogP contribution >= 0.6 is 12.4 Å². The molecule has 0 heterocycles. The monoisotopic (exact) mass is 324 g/mol. The van der Waals surface area contributed by atoms with E-state index in [1.54, 1.807) is 0 Å². The van der Waals surface area contributed by atoms with E-state index in [0.717, 1.165) is 12.0 Å². The topological polar surface area (TPSA) is 46.3 Å². The predicted molar refractivity (Wildman–Crippen MR) is 94.5 cm³/mol. The average Bonchev–Trinajstić information content (AvgIpc) is 2.46. The van der Waals surface area contributed by atoms with Gasteiger partial charge in [-0.15, -0.1) is 12.4 Å². The first-order valence-electron chi connectivity index (χ1n) is 7.96. The summed E-state index contributed by atoms with van der Waals surface area (Å²) < 4.78 is 0. The molecule has 4 heteroatoms. The Labute approximate surface area is 140 Å². The number of rotatable bonds is 5. The van der Waals surface area contributed by atoms with Crippen molar-refractivity contribution in [2.24, 2.45) is 11.1 Å². The number of amides is 1. The number of aryl methyl sites for hydroxylation is 2. The van der Waals surface area contributed by atoms with Gasteiger partial charge in [0.15, 0.2) is 0 Å². The number of hydrogen-bond donors (Lipinski definition) is 1. The van der Waals surface area contributed by atoms with Crippen molar-refractivity contribution in [2.75, 3.05) is 20.1 Å². The van der Waals surface area contributed by atoms with E-state index in [0.29, 0.717) is 19.5 Å². The molecule has 0 spiro atoms. The lowest BCUT2D eigenvalue weighted by Crippen LogP contribution is -2.40. The van der Waals surface area contributed by atoms with Gasteiger partial charge in [-0.1, -0.05) is 32.0 Å². The van der Waals surface area contributed by atoms with Crippen molar-refractivity contribution in [1.82, 2.24) is 4.90 Å². The Morgan fingerprint density at radius 1 is 1.23 bits per heavy atom. The summed E-state index contributed by atoms with van der Waals surface area (Å²) in [4.78, 5) is 14.2. The second kappa shape index (κ2) is 7.98. The standard InChI is InChI=1S/C18H28N2O.ClH/c1-18(2,12-19)13-20(3)17(21)11-14-8-9-15-6-4-5-7-16(15)10-14;/h8-10H,4-7,11-13,19H2,1-3H3;1H. The van der Waals surface area contributed by atoms with Gasteiger partial charge in [-0.25, -0.2) is 0 Å². The normalized spacial score (nSPS) is 14.0. The van der Waals surface area contributed by atoms with Crippen LogP contribution in [0.1, 0.15) is 43.4 Å². The predicted octanol–water partition coefficient (Wildman–Crippen LogP) is 2.97. The summed E-state index contributed by atoms with van der Waals surface area (Å²) in [6, 6.07) is 6.55. The van der Waals surface area contributed by atoms with E-state index < -0.39 is 0 Å². The van der Waals surface area contributed by atoms with Crippen molar-refractivity contribution in [3.05, 3.63) is 34.9 Å². The molecular weight excluding hydrogens is 296 g/mol. The fourth-order valence-corrected chi connectivity index (χ4v) is 3.00. The zero-order chi connectivity index (χ0) is 15.5. The molecule has 1 aromatic rings. The molecule has 2 rings (SSSR count). The lowest BCUT2D eigenvalue weighted by Gasteiger charge is -2.29. The van der Waals surface area contributed by atoms with Gasteiger partial charge in [0.2, 0.25) is 5.91 Å². The first kappa shape index (κ1) is 19.0. The van der Waals surface area contributed by atoms with Crippen molar-refractivity contribution < 1.29 is 4.79 Å². The van der Waals surface area contributed by atoms with Gasteiger partial charge in [-0.3, -0.25) is 4.79 Å². The fraction of sp³-hybridized carbons (Fsp3) is 0.611. The third kappa shape index (κ3) is 4.99. The largest absolute Gasteiger partial charge is 0.345 e. The van der Waals surface area contributed by atoms with E-state index in [1.807, 2.05) is 11.9 Å². The Morgan fingerprint density at radius 2 is 1.86 bits per heavy atom. The van der Waals surface area contributed by atoms with Crippen LogP contribution in [0.5, 0.6) is 0 Å². The highest BCUT2D eigenvalue weighted by atomic mass is 35.5. The number of carbonyl (C=O) groups excluding carboxylic acids is 1. The van der Waals surface area contributed by atoms with E-state index in [-0.39, 0.29) is 23.7 Å². The zero-order valence-electron chi connectivity index (χ0n) is 14.0. The van der Waals surface area contributed by atoms with Gasteiger partial charge in [0.25, 0.3) is 0 Å². The number of nitrogens with zero attached hydrogens (tertiary/aromatic N) is 1. The number of fused-ring (bicyclic) bond motifs is 1. The second-order valence-corrected chi connectivity index (χ2v) is 7.11. The highest BCUT2D eigenvalue weighted by Crippen LogP contribution is 2.23. The fourth-order valence-electron chi connectivity index (χ4n) is 3.00. The Kier molecular flexibility index (Phi) is 6.89. The highest BCUT2D eigenvalue weighted by Gasteiger charge is 2.21. The molecule has 22 heavy (non-hydrogen) atoms. The molecule has 0 saturated heterocycles. The molecule has 0 fully saturated rings. The molecule has 0 radical (unpaired) electrons. The van der Waals surface area contributed by atoms with Crippen LogP contribution in [0.4, 0.5) is 0 Å². The first-order chi connectivity index (χ1) is 9.91. The molecule has 124 valence electrons. The molecule has 1 amide bonds. The molecule has 0 unspecified atom stereocenters. The maximum Gasteiger partial charge on any atom is 0.226 e. The molecule has 1 aliphatic rings. The number of nitrogens with two attached hydrogens (primary N) is 1. The van der Waals surface area contributed by atoms with Gasteiger partial charge in [0, 0.05) is 13.6 Å². The van der Waals surface area contributed by atoms with Gasteiger partial charge in [0.05, 0.1) is 6.42 Å². The summed E-state index contributed by atoms with van der Waals surface area (Å²) in [5.41, 5.74) is 9.76. The molecule has 1 aromatic carbocycles. The number of halogens is 1. The maximum absolute atomic E-state index is 12.4. The van der Waals surface area contributed by atoms with E-state index >= 15 is 0 Å². The van der Waals surface area contributed by atoms with Gasteiger partial charge in [-0.05, 0) is 54.3 Å². The Morgan fingerprint density at radius 3 is 2.50 bits per heavy atom. The SMILES string of the molecule is CN(CC(C)(C)CN)C(=O)Cc1ccc2c(c1)CCCC2.Cl. The third-order valence-electron chi connectivity index (χ3n) is 4.41. The lowest BCUT2D eigenvalue weighted by atomic mass is 9.89. The van der Waals surface area contributed by atoms with Crippen LogP contribution < -0.4 is 5.73 Å². The Bertz CT molecular complexity index is 514. The van der Waals surface area contributed by atoms with Crippen molar-refractivity contribution in [3.8, 4) is 0 Å². The van der Waals surface area contributed by atoms with E-state index in [1.165, 1.54) is 30.4 Å². The van der Waals surface area contributed by atoms with Crippen LogP contribution in [0.2, 0.25) is 0 Å². The number of carbonyl (C=O) groups is 1.